The number of hydrogen-bond donors (Lipinski definition) is 2. The maximum Gasteiger partial charge on any atom is 0.186 e. The van der Waals surface area contributed by atoms with Gasteiger partial charge in [-0.25, -0.2) is 8.78 Å². The average Bonchev–Trinajstić information content (AvgIpc) is 2.96. The van der Waals surface area contributed by atoms with Crippen LogP contribution in [-0.2, 0) is 4.74 Å². The highest BCUT2D eigenvalue weighted by Gasteiger charge is 2.42. The van der Waals surface area contributed by atoms with Crippen LogP contribution in [0.3, 0.4) is 0 Å². The van der Waals surface area contributed by atoms with Crippen molar-refractivity contribution in [3.05, 3.63) is 40.3 Å². The zero-order valence-corrected chi connectivity index (χ0v) is 10.8. The summed E-state index contributed by atoms with van der Waals surface area (Å²) < 4.78 is 32.6. The summed E-state index contributed by atoms with van der Waals surface area (Å²) in [6, 6.07) is 3.02. The molecule has 3 nitrogen and oxygen atoms in total. The van der Waals surface area contributed by atoms with Gasteiger partial charge in [0.2, 0.25) is 0 Å². The van der Waals surface area contributed by atoms with Crippen LogP contribution in [0.5, 0.6) is 0 Å². The van der Waals surface area contributed by atoms with E-state index in [-0.39, 0.29) is 11.1 Å². The smallest absolute Gasteiger partial charge is 0.186 e. The standard InChI is InChI=1S/C13H11F2NO2S/c1-5-2-3-6(10(15)9(5)14)7-4-19-12(16)8(7)11-13(17)18-11/h2-4,11,13,17H,16H2,1H3. The molecule has 1 aromatic heterocycles. The Bertz CT molecular complexity index is 656. The normalized spacial score (nSPS) is 21.7. The summed E-state index contributed by atoms with van der Waals surface area (Å²) in [6.45, 7) is 1.50. The Morgan fingerprint density at radius 1 is 1.26 bits per heavy atom. The van der Waals surface area contributed by atoms with Gasteiger partial charge in [-0.3, -0.25) is 0 Å². The van der Waals surface area contributed by atoms with E-state index in [1.807, 2.05) is 0 Å². The van der Waals surface area contributed by atoms with Crippen LogP contribution in [0.15, 0.2) is 17.5 Å². The number of aryl methyl sites for hydroxylation is 1. The molecule has 2 heterocycles. The topological polar surface area (TPSA) is 58.8 Å². The SMILES string of the molecule is Cc1ccc(-c2csc(N)c2C2OC2O)c(F)c1F. The molecule has 100 valence electrons. The molecule has 2 unspecified atom stereocenters. The molecule has 19 heavy (non-hydrogen) atoms. The number of benzene rings is 1. The van der Waals surface area contributed by atoms with Gasteiger partial charge in [-0.15, -0.1) is 11.3 Å². The quantitative estimate of drug-likeness (QED) is 0.833. The van der Waals surface area contributed by atoms with Gasteiger partial charge in [-0.05, 0) is 12.5 Å². The van der Waals surface area contributed by atoms with Crippen LogP contribution in [0.4, 0.5) is 13.8 Å². The van der Waals surface area contributed by atoms with Crippen LogP contribution >= 0.6 is 11.3 Å². The van der Waals surface area contributed by atoms with E-state index >= 15 is 0 Å². The van der Waals surface area contributed by atoms with Crippen molar-refractivity contribution in [2.75, 3.05) is 5.73 Å². The van der Waals surface area contributed by atoms with E-state index in [9.17, 15) is 13.9 Å². The molecule has 1 fully saturated rings. The number of anilines is 1. The molecule has 3 rings (SSSR count). The van der Waals surface area contributed by atoms with Gasteiger partial charge in [-0.2, -0.15) is 0 Å². The van der Waals surface area contributed by atoms with E-state index in [2.05, 4.69) is 0 Å². The van der Waals surface area contributed by atoms with Crippen molar-refractivity contribution in [3.63, 3.8) is 0 Å². The van der Waals surface area contributed by atoms with Crippen LogP contribution in [0.1, 0.15) is 17.2 Å². The van der Waals surface area contributed by atoms with Crippen molar-refractivity contribution in [1.29, 1.82) is 0 Å². The lowest BCUT2D eigenvalue weighted by molar-refractivity contribution is 0.156. The van der Waals surface area contributed by atoms with Crippen molar-refractivity contribution >= 4 is 16.3 Å². The molecule has 0 aliphatic carbocycles. The molecule has 1 aliphatic rings. The van der Waals surface area contributed by atoms with E-state index in [0.717, 1.165) is 0 Å². The second-order valence-electron chi connectivity index (χ2n) is 4.43. The number of rotatable bonds is 2. The van der Waals surface area contributed by atoms with Gasteiger partial charge in [0.15, 0.2) is 17.9 Å². The zero-order valence-electron chi connectivity index (χ0n) is 9.98. The largest absolute Gasteiger partial charge is 0.390 e. The third-order valence-corrected chi connectivity index (χ3v) is 4.01. The molecule has 0 amide bonds. The first kappa shape index (κ1) is 12.5. The molecule has 0 spiro atoms. The average molecular weight is 283 g/mol. The Morgan fingerprint density at radius 2 is 1.95 bits per heavy atom. The molecule has 1 aliphatic heterocycles. The lowest BCUT2D eigenvalue weighted by Gasteiger charge is -2.07. The molecule has 0 bridgehead atoms. The Labute approximate surface area is 112 Å². The Hall–Kier alpha value is -1.50. The first-order chi connectivity index (χ1) is 9.00. The van der Waals surface area contributed by atoms with Gasteiger partial charge in [0.25, 0.3) is 0 Å². The summed E-state index contributed by atoms with van der Waals surface area (Å²) in [4.78, 5) is 0. The van der Waals surface area contributed by atoms with Gasteiger partial charge in [-0.1, -0.05) is 12.1 Å². The number of aliphatic hydroxyl groups is 1. The maximum absolute atomic E-state index is 14.0. The summed E-state index contributed by atoms with van der Waals surface area (Å²) in [5.41, 5.74) is 7.19. The third-order valence-electron chi connectivity index (χ3n) is 3.18. The highest BCUT2D eigenvalue weighted by atomic mass is 32.1. The highest BCUT2D eigenvalue weighted by Crippen LogP contribution is 2.48. The molecule has 0 saturated carbocycles. The first-order valence-electron chi connectivity index (χ1n) is 5.66. The van der Waals surface area contributed by atoms with Crippen LogP contribution in [-0.4, -0.2) is 11.4 Å². The molecule has 1 saturated heterocycles. The van der Waals surface area contributed by atoms with Gasteiger partial charge < -0.3 is 15.6 Å². The number of epoxide rings is 1. The Morgan fingerprint density at radius 3 is 2.58 bits per heavy atom. The fraction of sp³-hybridized carbons (Fsp3) is 0.231. The second kappa shape index (κ2) is 4.26. The van der Waals surface area contributed by atoms with E-state index in [1.54, 1.807) is 5.38 Å². The van der Waals surface area contributed by atoms with Crippen molar-refractivity contribution in [2.24, 2.45) is 0 Å². The number of hydrogen-bond acceptors (Lipinski definition) is 4. The summed E-state index contributed by atoms with van der Waals surface area (Å²) in [7, 11) is 0. The summed E-state index contributed by atoms with van der Waals surface area (Å²) in [5, 5.41) is 11.4. The fourth-order valence-electron chi connectivity index (χ4n) is 2.05. The van der Waals surface area contributed by atoms with Crippen LogP contribution in [0.25, 0.3) is 11.1 Å². The lowest BCUT2D eigenvalue weighted by Crippen LogP contribution is -1.97. The predicted octanol–water partition coefficient (Wildman–Crippen LogP) is 2.97. The summed E-state index contributed by atoms with van der Waals surface area (Å²) >= 11 is 1.21. The number of aliphatic hydroxyl groups excluding tert-OH is 1. The van der Waals surface area contributed by atoms with Gasteiger partial charge in [0.05, 0.1) is 5.00 Å². The van der Waals surface area contributed by atoms with Crippen molar-refractivity contribution in [2.45, 2.75) is 19.3 Å². The van der Waals surface area contributed by atoms with E-state index in [4.69, 9.17) is 10.5 Å². The van der Waals surface area contributed by atoms with E-state index < -0.39 is 24.0 Å². The van der Waals surface area contributed by atoms with Crippen molar-refractivity contribution in [1.82, 2.24) is 0 Å². The number of thiophene rings is 1. The van der Waals surface area contributed by atoms with Crippen molar-refractivity contribution < 1.29 is 18.6 Å². The number of nitrogens with two attached hydrogens (primary N) is 1. The molecule has 1 aromatic carbocycles. The highest BCUT2D eigenvalue weighted by molar-refractivity contribution is 7.14. The minimum atomic E-state index is -0.922. The molecule has 3 N–H and O–H groups in total. The summed E-state index contributed by atoms with van der Waals surface area (Å²) in [5.74, 6) is -1.78. The van der Waals surface area contributed by atoms with Gasteiger partial charge in [0.1, 0.15) is 6.10 Å². The second-order valence-corrected chi connectivity index (χ2v) is 5.34. The molecule has 2 aromatic rings. The van der Waals surface area contributed by atoms with Crippen LogP contribution in [0, 0.1) is 18.6 Å². The molecular formula is C13H11F2NO2S. The fourth-order valence-corrected chi connectivity index (χ4v) is 2.91. The summed E-state index contributed by atoms with van der Waals surface area (Å²) in [6.07, 6.45) is -1.47. The first-order valence-corrected chi connectivity index (χ1v) is 6.54. The minimum absolute atomic E-state index is 0.133. The van der Waals surface area contributed by atoms with Crippen molar-refractivity contribution in [3.8, 4) is 11.1 Å². The molecule has 2 atom stereocenters. The number of ether oxygens (including phenoxy) is 1. The lowest BCUT2D eigenvalue weighted by atomic mass is 10.00. The number of nitrogen functional groups attached to an aromatic ring is 1. The Kier molecular flexibility index (Phi) is 2.81. The van der Waals surface area contributed by atoms with Crippen LogP contribution in [0.2, 0.25) is 0 Å². The predicted molar refractivity (Wildman–Crippen MR) is 68.7 cm³/mol. The maximum atomic E-state index is 14.0. The van der Waals surface area contributed by atoms with Gasteiger partial charge in [0, 0.05) is 22.1 Å². The third kappa shape index (κ3) is 1.92. The van der Waals surface area contributed by atoms with Crippen LogP contribution < -0.4 is 5.73 Å². The van der Waals surface area contributed by atoms with Gasteiger partial charge >= 0.3 is 0 Å². The molecule has 6 heteroatoms. The van der Waals surface area contributed by atoms with E-state index in [1.165, 1.54) is 30.4 Å². The molecular weight excluding hydrogens is 272 g/mol. The Balaban J connectivity index is 2.16. The monoisotopic (exact) mass is 283 g/mol. The zero-order chi connectivity index (χ0) is 13.7. The minimum Gasteiger partial charge on any atom is -0.390 e. The number of halogens is 2. The van der Waals surface area contributed by atoms with E-state index in [0.29, 0.717) is 16.1 Å². The molecule has 0 radical (unpaired) electrons.